The van der Waals surface area contributed by atoms with Crippen molar-refractivity contribution in [3.63, 3.8) is 0 Å². The number of hydrogen-bond donors (Lipinski definition) is 1. The predicted octanol–water partition coefficient (Wildman–Crippen LogP) is 2.94. The highest BCUT2D eigenvalue weighted by molar-refractivity contribution is 6.31. The molecule has 1 saturated heterocycles. The summed E-state index contributed by atoms with van der Waals surface area (Å²) in [6.45, 7) is 5.43. The van der Waals surface area contributed by atoms with Crippen molar-refractivity contribution in [1.29, 1.82) is 0 Å². The third-order valence-corrected chi connectivity index (χ3v) is 3.34. The Bertz CT molecular complexity index is 454. The molecule has 19 heavy (non-hydrogen) atoms. The zero-order valence-corrected chi connectivity index (χ0v) is 11.4. The molecular formula is C12H15ClF3N3. The number of piperazine rings is 1. The van der Waals surface area contributed by atoms with Gasteiger partial charge < -0.3 is 10.2 Å². The van der Waals surface area contributed by atoms with Crippen LogP contribution in [0.25, 0.3) is 0 Å². The molecule has 0 saturated carbocycles. The number of aromatic nitrogens is 1. The van der Waals surface area contributed by atoms with E-state index in [0.29, 0.717) is 18.9 Å². The molecule has 1 N–H and O–H groups in total. The summed E-state index contributed by atoms with van der Waals surface area (Å²) in [6, 6.07) is 1.80. The highest BCUT2D eigenvalue weighted by atomic mass is 35.5. The summed E-state index contributed by atoms with van der Waals surface area (Å²) >= 11 is 5.70. The molecule has 0 radical (unpaired) electrons. The van der Waals surface area contributed by atoms with Gasteiger partial charge in [-0.15, -0.1) is 0 Å². The zero-order valence-electron chi connectivity index (χ0n) is 10.6. The Hall–Kier alpha value is -1.01. The van der Waals surface area contributed by atoms with E-state index in [1.165, 1.54) is 6.07 Å². The van der Waals surface area contributed by atoms with E-state index >= 15 is 0 Å². The van der Waals surface area contributed by atoms with Crippen molar-refractivity contribution < 1.29 is 13.2 Å². The summed E-state index contributed by atoms with van der Waals surface area (Å²) in [4.78, 5) is 5.83. The molecular weight excluding hydrogens is 279 g/mol. The van der Waals surface area contributed by atoms with Gasteiger partial charge in [-0.3, -0.25) is 0 Å². The molecule has 1 fully saturated rings. The van der Waals surface area contributed by atoms with Crippen molar-refractivity contribution >= 4 is 17.4 Å². The minimum absolute atomic E-state index is 0.256. The van der Waals surface area contributed by atoms with Gasteiger partial charge in [-0.1, -0.05) is 11.6 Å². The van der Waals surface area contributed by atoms with Gasteiger partial charge in [0, 0.05) is 31.4 Å². The first kappa shape index (κ1) is 14.4. The number of anilines is 1. The molecule has 0 aliphatic carbocycles. The van der Waals surface area contributed by atoms with E-state index in [1.54, 1.807) is 0 Å². The zero-order chi connectivity index (χ0) is 14.2. The third-order valence-electron chi connectivity index (χ3n) is 3.03. The topological polar surface area (TPSA) is 28.2 Å². The third kappa shape index (κ3) is 3.30. The number of rotatable bonds is 1. The lowest BCUT2D eigenvalue weighted by Crippen LogP contribution is -2.54. The molecule has 106 valence electrons. The van der Waals surface area contributed by atoms with Crippen LogP contribution in [0.3, 0.4) is 0 Å². The molecule has 2 atom stereocenters. The normalized spacial score (nSPS) is 24.6. The molecule has 7 heteroatoms. The fraction of sp³-hybridized carbons (Fsp3) is 0.583. The maximum Gasteiger partial charge on any atom is 0.419 e. The molecule has 1 aliphatic heterocycles. The number of nitrogens with one attached hydrogen (secondary N) is 1. The number of halogens is 4. The number of pyridine rings is 1. The second kappa shape index (κ2) is 5.17. The fourth-order valence-corrected chi connectivity index (χ4v) is 2.57. The number of alkyl halides is 3. The maximum absolute atomic E-state index is 12.6. The number of hydrogen-bond acceptors (Lipinski definition) is 3. The Morgan fingerprint density at radius 3 is 2.37 bits per heavy atom. The molecule has 1 aliphatic rings. The Morgan fingerprint density at radius 2 is 1.89 bits per heavy atom. The van der Waals surface area contributed by atoms with E-state index in [1.807, 2.05) is 18.7 Å². The standard InChI is InChI=1S/C12H15ClF3N3/c1-7-5-19(6-8(2)18-7)11-3-10(13)9(4-17-11)12(14,15)16/h3-4,7-8,18H,5-6H2,1-2H3/t7-,8+. The Labute approximate surface area is 114 Å². The lowest BCUT2D eigenvalue weighted by Gasteiger charge is -2.37. The molecule has 0 aromatic carbocycles. The van der Waals surface area contributed by atoms with Gasteiger partial charge in [-0.05, 0) is 19.9 Å². The van der Waals surface area contributed by atoms with Gasteiger partial charge in [0.25, 0.3) is 0 Å². The molecule has 1 aromatic heterocycles. The van der Waals surface area contributed by atoms with Gasteiger partial charge in [-0.2, -0.15) is 13.2 Å². The van der Waals surface area contributed by atoms with Crippen LogP contribution in [0.1, 0.15) is 19.4 Å². The van der Waals surface area contributed by atoms with E-state index in [2.05, 4.69) is 10.3 Å². The van der Waals surface area contributed by atoms with Crippen LogP contribution >= 0.6 is 11.6 Å². The predicted molar refractivity (Wildman–Crippen MR) is 68.5 cm³/mol. The van der Waals surface area contributed by atoms with Crippen LogP contribution in [-0.4, -0.2) is 30.2 Å². The summed E-state index contributed by atoms with van der Waals surface area (Å²) in [7, 11) is 0. The largest absolute Gasteiger partial charge is 0.419 e. The monoisotopic (exact) mass is 293 g/mol. The van der Waals surface area contributed by atoms with Crippen LogP contribution in [0, 0.1) is 0 Å². The second-order valence-corrected chi connectivity index (χ2v) is 5.30. The summed E-state index contributed by atoms with van der Waals surface area (Å²) in [6.07, 6.45) is -3.66. The average molecular weight is 294 g/mol. The van der Waals surface area contributed by atoms with Crippen LogP contribution in [0.15, 0.2) is 12.3 Å². The first-order valence-electron chi connectivity index (χ1n) is 6.01. The number of nitrogens with zero attached hydrogens (tertiary/aromatic N) is 2. The van der Waals surface area contributed by atoms with E-state index in [4.69, 9.17) is 11.6 Å². The van der Waals surface area contributed by atoms with Gasteiger partial charge >= 0.3 is 6.18 Å². The van der Waals surface area contributed by atoms with Crippen molar-refractivity contribution in [2.45, 2.75) is 32.1 Å². The summed E-state index contributed by atoms with van der Waals surface area (Å²) in [5, 5.41) is 3.04. The van der Waals surface area contributed by atoms with Crippen molar-refractivity contribution in [2.75, 3.05) is 18.0 Å². The van der Waals surface area contributed by atoms with Crippen molar-refractivity contribution in [1.82, 2.24) is 10.3 Å². The van der Waals surface area contributed by atoms with Crippen LogP contribution < -0.4 is 10.2 Å². The molecule has 0 bridgehead atoms. The van der Waals surface area contributed by atoms with Crippen molar-refractivity contribution in [3.8, 4) is 0 Å². The van der Waals surface area contributed by atoms with E-state index in [-0.39, 0.29) is 17.1 Å². The van der Waals surface area contributed by atoms with E-state index in [0.717, 1.165) is 6.20 Å². The van der Waals surface area contributed by atoms with E-state index in [9.17, 15) is 13.2 Å². The summed E-state index contributed by atoms with van der Waals surface area (Å²) in [5.74, 6) is 0.484. The highest BCUT2D eigenvalue weighted by Gasteiger charge is 2.34. The van der Waals surface area contributed by atoms with Crippen LogP contribution in [0.5, 0.6) is 0 Å². The first-order chi connectivity index (χ1) is 8.77. The minimum Gasteiger partial charge on any atom is -0.353 e. The molecule has 2 rings (SSSR count). The first-order valence-corrected chi connectivity index (χ1v) is 6.39. The summed E-state index contributed by atoms with van der Waals surface area (Å²) < 4.78 is 37.8. The maximum atomic E-state index is 12.6. The molecule has 2 heterocycles. The van der Waals surface area contributed by atoms with Crippen LogP contribution in [0.2, 0.25) is 5.02 Å². The lowest BCUT2D eigenvalue weighted by molar-refractivity contribution is -0.137. The van der Waals surface area contributed by atoms with Crippen molar-refractivity contribution in [3.05, 3.63) is 22.8 Å². The van der Waals surface area contributed by atoms with Gasteiger partial charge in [0.2, 0.25) is 0 Å². The van der Waals surface area contributed by atoms with Gasteiger partial charge in [-0.25, -0.2) is 4.98 Å². The average Bonchev–Trinajstić information content (AvgIpc) is 2.25. The Kier molecular flexibility index (Phi) is 3.92. The van der Waals surface area contributed by atoms with Gasteiger partial charge in [0.05, 0.1) is 10.6 Å². The lowest BCUT2D eigenvalue weighted by atomic mass is 10.1. The molecule has 1 aromatic rings. The summed E-state index contributed by atoms with van der Waals surface area (Å²) in [5.41, 5.74) is -0.894. The fourth-order valence-electron chi connectivity index (χ4n) is 2.32. The second-order valence-electron chi connectivity index (χ2n) is 4.89. The van der Waals surface area contributed by atoms with E-state index < -0.39 is 11.7 Å². The molecule has 0 spiro atoms. The molecule has 0 amide bonds. The quantitative estimate of drug-likeness (QED) is 0.863. The highest BCUT2D eigenvalue weighted by Crippen LogP contribution is 2.35. The van der Waals surface area contributed by atoms with Gasteiger partial charge in [0.15, 0.2) is 0 Å². The van der Waals surface area contributed by atoms with Crippen molar-refractivity contribution in [2.24, 2.45) is 0 Å². The van der Waals surface area contributed by atoms with Crippen LogP contribution in [-0.2, 0) is 6.18 Å². The molecule has 0 unspecified atom stereocenters. The van der Waals surface area contributed by atoms with Crippen LogP contribution in [0.4, 0.5) is 19.0 Å². The SMILES string of the molecule is C[C@@H]1CN(c2cc(Cl)c(C(F)(F)F)cn2)C[C@H](C)N1. The minimum atomic E-state index is -4.47. The Morgan fingerprint density at radius 1 is 1.32 bits per heavy atom. The van der Waals surface area contributed by atoms with Gasteiger partial charge in [0.1, 0.15) is 5.82 Å². The smallest absolute Gasteiger partial charge is 0.353 e. The Balaban J connectivity index is 2.25. The molecule has 3 nitrogen and oxygen atoms in total.